The number of nitro groups is 1. The van der Waals surface area contributed by atoms with Crippen molar-refractivity contribution in [3.05, 3.63) is 27.9 Å². The van der Waals surface area contributed by atoms with Gasteiger partial charge in [-0.3, -0.25) is 15.5 Å². The summed E-state index contributed by atoms with van der Waals surface area (Å²) in [5, 5.41) is 13.0. The van der Waals surface area contributed by atoms with Crippen LogP contribution in [0.2, 0.25) is 0 Å². The van der Waals surface area contributed by atoms with Crippen molar-refractivity contribution in [3.8, 4) is 0 Å². The van der Waals surface area contributed by atoms with Crippen LogP contribution < -0.4 is 5.43 Å². The maximum absolute atomic E-state index is 11.0. The Labute approximate surface area is 99.8 Å². The third-order valence-corrected chi connectivity index (χ3v) is 2.93. The Hall–Kier alpha value is -1.69. The molecule has 0 radical (unpaired) electrons. The molecule has 1 aromatic rings. The van der Waals surface area contributed by atoms with E-state index in [1.165, 1.54) is 6.42 Å². The Bertz CT molecular complexity index is 416. The number of aryl methyl sites for hydroxylation is 1. The van der Waals surface area contributed by atoms with Crippen LogP contribution in [0.3, 0.4) is 0 Å². The molecule has 1 aliphatic rings. The Morgan fingerprint density at radius 1 is 1.41 bits per heavy atom. The topological polar surface area (TPSA) is 71.3 Å². The lowest BCUT2D eigenvalue weighted by molar-refractivity contribution is -0.384. The van der Waals surface area contributed by atoms with Crippen LogP contribution >= 0.6 is 0 Å². The lowest BCUT2D eigenvalue weighted by Gasteiger charge is -2.27. The molecule has 6 nitrogen and oxygen atoms in total. The number of nitrogens with zero attached hydrogens (tertiary/aromatic N) is 3. The van der Waals surface area contributed by atoms with Gasteiger partial charge >= 0.3 is 5.69 Å². The summed E-state index contributed by atoms with van der Waals surface area (Å²) >= 11 is 0. The second-order valence-corrected chi connectivity index (χ2v) is 4.24. The van der Waals surface area contributed by atoms with Gasteiger partial charge in [0, 0.05) is 24.8 Å². The Morgan fingerprint density at radius 2 is 2.12 bits per heavy atom. The van der Waals surface area contributed by atoms with Gasteiger partial charge in [0.1, 0.15) is 0 Å². The van der Waals surface area contributed by atoms with E-state index in [4.69, 9.17) is 0 Å². The number of piperidine rings is 1. The van der Waals surface area contributed by atoms with E-state index in [1.807, 2.05) is 5.01 Å². The fourth-order valence-electron chi connectivity index (χ4n) is 2.02. The molecule has 0 saturated carbocycles. The monoisotopic (exact) mass is 236 g/mol. The van der Waals surface area contributed by atoms with Gasteiger partial charge in [0.15, 0.2) is 0 Å². The van der Waals surface area contributed by atoms with Crippen LogP contribution in [-0.4, -0.2) is 28.0 Å². The van der Waals surface area contributed by atoms with E-state index in [2.05, 4.69) is 10.4 Å². The van der Waals surface area contributed by atoms with Crippen molar-refractivity contribution in [2.45, 2.75) is 26.2 Å². The van der Waals surface area contributed by atoms with Crippen molar-refractivity contribution in [3.63, 3.8) is 0 Å². The van der Waals surface area contributed by atoms with Gasteiger partial charge in [-0.15, -0.1) is 0 Å². The molecule has 1 saturated heterocycles. The zero-order valence-electron chi connectivity index (χ0n) is 9.85. The molecule has 0 unspecified atom stereocenters. The minimum atomic E-state index is -0.380. The first-order chi connectivity index (χ1) is 8.18. The smallest absolute Gasteiger partial charge is 0.297 e. The van der Waals surface area contributed by atoms with Crippen molar-refractivity contribution in [1.82, 2.24) is 9.99 Å². The normalized spacial score (nSPS) is 16.8. The highest BCUT2D eigenvalue weighted by Crippen LogP contribution is 2.26. The van der Waals surface area contributed by atoms with Gasteiger partial charge in [0.05, 0.1) is 4.92 Å². The van der Waals surface area contributed by atoms with Gasteiger partial charge in [0.25, 0.3) is 0 Å². The third kappa shape index (κ3) is 2.71. The largest absolute Gasteiger partial charge is 0.315 e. The zero-order valence-corrected chi connectivity index (χ0v) is 9.85. The highest BCUT2D eigenvalue weighted by Gasteiger charge is 2.20. The molecule has 1 aliphatic heterocycles. The Balaban J connectivity index is 2.19. The lowest BCUT2D eigenvalue weighted by atomic mass is 10.2. The van der Waals surface area contributed by atoms with Gasteiger partial charge in [-0.2, -0.15) is 0 Å². The second-order valence-electron chi connectivity index (χ2n) is 4.24. The molecule has 2 heterocycles. The summed E-state index contributed by atoms with van der Waals surface area (Å²) in [5.41, 5.74) is 3.75. The van der Waals surface area contributed by atoms with Crippen molar-refractivity contribution < 1.29 is 4.92 Å². The zero-order chi connectivity index (χ0) is 12.3. The van der Waals surface area contributed by atoms with E-state index < -0.39 is 0 Å². The molecule has 1 N–H and O–H groups in total. The fourth-order valence-corrected chi connectivity index (χ4v) is 2.02. The Kier molecular flexibility index (Phi) is 3.53. The SMILES string of the molecule is Cc1ccnc(NN2CCCCC2)c1[N+](=O)[O-]. The summed E-state index contributed by atoms with van der Waals surface area (Å²) in [6.45, 7) is 3.54. The van der Waals surface area contributed by atoms with Crippen LogP contribution in [0, 0.1) is 17.0 Å². The van der Waals surface area contributed by atoms with Crippen LogP contribution in [0.5, 0.6) is 0 Å². The number of nitrogens with one attached hydrogen (secondary N) is 1. The van der Waals surface area contributed by atoms with Crippen molar-refractivity contribution in [1.29, 1.82) is 0 Å². The van der Waals surface area contributed by atoms with E-state index >= 15 is 0 Å². The predicted octanol–water partition coefficient (Wildman–Crippen LogP) is 2.11. The van der Waals surface area contributed by atoms with Gasteiger partial charge < -0.3 is 0 Å². The van der Waals surface area contributed by atoms with Crippen molar-refractivity contribution in [2.75, 3.05) is 18.5 Å². The molecular weight excluding hydrogens is 220 g/mol. The van der Waals surface area contributed by atoms with Crippen molar-refractivity contribution >= 4 is 11.5 Å². The van der Waals surface area contributed by atoms with Crippen molar-refractivity contribution in [2.24, 2.45) is 0 Å². The van der Waals surface area contributed by atoms with E-state index in [-0.39, 0.29) is 10.6 Å². The number of hydrogen-bond donors (Lipinski definition) is 1. The van der Waals surface area contributed by atoms with Gasteiger partial charge in [-0.25, -0.2) is 9.99 Å². The second kappa shape index (κ2) is 5.09. The average Bonchev–Trinajstić information content (AvgIpc) is 2.30. The number of aromatic nitrogens is 1. The molecule has 0 aromatic carbocycles. The minimum absolute atomic E-state index is 0.0677. The molecule has 0 amide bonds. The standard InChI is InChI=1S/C11H16N4O2/c1-9-5-6-12-11(10(9)15(16)17)13-14-7-3-2-4-8-14/h5-6H,2-4,7-8H2,1H3,(H,12,13). The molecule has 0 aliphatic carbocycles. The number of hydrogen-bond acceptors (Lipinski definition) is 5. The molecule has 1 aromatic heterocycles. The molecule has 0 spiro atoms. The maximum atomic E-state index is 11.0. The van der Waals surface area contributed by atoms with Crippen LogP contribution in [0.15, 0.2) is 12.3 Å². The number of anilines is 1. The quantitative estimate of drug-likeness (QED) is 0.642. The molecule has 1 fully saturated rings. The van der Waals surface area contributed by atoms with Crippen LogP contribution in [0.4, 0.5) is 11.5 Å². The average molecular weight is 236 g/mol. The number of pyridine rings is 1. The maximum Gasteiger partial charge on any atom is 0.315 e. The molecular formula is C11H16N4O2. The molecule has 0 atom stereocenters. The fraction of sp³-hybridized carbons (Fsp3) is 0.545. The number of hydrazine groups is 1. The molecule has 6 heteroatoms. The molecule has 17 heavy (non-hydrogen) atoms. The predicted molar refractivity (Wildman–Crippen MR) is 64.7 cm³/mol. The first-order valence-electron chi connectivity index (χ1n) is 5.80. The summed E-state index contributed by atoms with van der Waals surface area (Å²) in [4.78, 5) is 14.7. The summed E-state index contributed by atoms with van der Waals surface area (Å²) in [5.74, 6) is 0.344. The Morgan fingerprint density at radius 3 is 2.76 bits per heavy atom. The molecule has 2 rings (SSSR count). The van der Waals surface area contributed by atoms with Crippen LogP contribution in [-0.2, 0) is 0 Å². The summed E-state index contributed by atoms with van der Waals surface area (Å²) in [7, 11) is 0. The van der Waals surface area contributed by atoms with E-state index in [1.54, 1.807) is 19.2 Å². The minimum Gasteiger partial charge on any atom is -0.297 e. The van der Waals surface area contributed by atoms with Crippen LogP contribution in [0.1, 0.15) is 24.8 Å². The van der Waals surface area contributed by atoms with E-state index in [9.17, 15) is 10.1 Å². The number of rotatable bonds is 3. The van der Waals surface area contributed by atoms with Gasteiger partial charge in [-0.05, 0) is 25.8 Å². The van der Waals surface area contributed by atoms with Gasteiger partial charge in [-0.1, -0.05) is 6.42 Å². The van der Waals surface area contributed by atoms with E-state index in [0.29, 0.717) is 11.4 Å². The summed E-state index contributed by atoms with van der Waals surface area (Å²) in [6, 6.07) is 1.65. The third-order valence-electron chi connectivity index (χ3n) is 2.93. The van der Waals surface area contributed by atoms with E-state index in [0.717, 1.165) is 25.9 Å². The first kappa shape index (κ1) is 11.8. The highest BCUT2D eigenvalue weighted by molar-refractivity contribution is 5.59. The molecule has 0 bridgehead atoms. The first-order valence-corrected chi connectivity index (χ1v) is 5.80. The van der Waals surface area contributed by atoms with Gasteiger partial charge in [0.2, 0.25) is 5.82 Å². The van der Waals surface area contributed by atoms with Crippen LogP contribution in [0.25, 0.3) is 0 Å². The lowest BCUT2D eigenvalue weighted by Crippen LogP contribution is -2.35. The highest BCUT2D eigenvalue weighted by atomic mass is 16.6. The molecule has 92 valence electrons. The summed E-state index contributed by atoms with van der Waals surface area (Å²) < 4.78 is 0. The summed E-state index contributed by atoms with van der Waals surface area (Å²) in [6.07, 6.45) is 5.05.